The Labute approximate surface area is 122 Å². The Bertz CT molecular complexity index is 353. The van der Waals surface area contributed by atoms with Crippen molar-refractivity contribution in [3.05, 3.63) is 24.3 Å². The normalized spacial score (nSPS) is 9.41. The summed E-state index contributed by atoms with van der Waals surface area (Å²) in [6.45, 7) is 0. The third-order valence-corrected chi connectivity index (χ3v) is 5.63. The van der Waals surface area contributed by atoms with E-state index in [4.69, 9.17) is 9.90 Å². The topological polar surface area (TPSA) is 72.4 Å². The Hall–Kier alpha value is -0.422. The van der Waals surface area contributed by atoms with E-state index >= 15 is 0 Å². The number of benzene rings is 1. The molecule has 0 saturated heterocycles. The second kappa shape index (κ2) is 8.64. The fourth-order valence-corrected chi connectivity index (χ4v) is 3.75. The van der Waals surface area contributed by atoms with Crippen LogP contribution in [0.3, 0.4) is 0 Å². The summed E-state index contributed by atoms with van der Waals surface area (Å²) in [6.07, 6.45) is -1.25. The van der Waals surface area contributed by atoms with Crippen molar-refractivity contribution in [2.24, 2.45) is 0 Å². The first kappa shape index (κ1) is 18.9. The zero-order chi connectivity index (χ0) is 12.8. The Morgan fingerprint density at radius 1 is 1.29 bits per heavy atom. The number of halogens is 1. The van der Waals surface area contributed by atoms with E-state index < -0.39 is 19.6 Å². The molecule has 2 N–H and O–H groups in total. The van der Waals surface area contributed by atoms with Crippen LogP contribution in [-0.2, 0) is 0 Å². The molecule has 0 fully saturated rings. The molecule has 0 spiro atoms. The maximum absolute atomic E-state index is 9.49. The minimum absolute atomic E-state index is 0. The van der Waals surface area contributed by atoms with Crippen LogP contribution in [0.15, 0.2) is 24.3 Å². The summed E-state index contributed by atoms with van der Waals surface area (Å²) in [5.41, 5.74) is 6.77. The first-order chi connectivity index (χ1) is 7.29. The Kier molecular flexibility index (Phi) is 9.62. The molecular weight excluding hydrogens is 396 g/mol. The van der Waals surface area contributed by atoms with E-state index in [0.29, 0.717) is 5.75 Å². The van der Waals surface area contributed by atoms with Crippen molar-refractivity contribution >= 4 is 48.0 Å². The van der Waals surface area contributed by atoms with Gasteiger partial charge in [0.2, 0.25) is 0 Å². The first-order valence-corrected chi connectivity index (χ1v) is 11.3. The third-order valence-electron chi connectivity index (χ3n) is 1.81. The van der Waals surface area contributed by atoms with Gasteiger partial charge in [-0.3, -0.25) is 0 Å². The predicted octanol–water partition coefficient (Wildman–Crippen LogP) is 1.10. The van der Waals surface area contributed by atoms with Crippen molar-refractivity contribution in [1.82, 2.24) is 5.32 Å². The summed E-state index contributed by atoms with van der Waals surface area (Å²) in [5.74, 6) is 0.465. The van der Waals surface area contributed by atoms with Gasteiger partial charge in [-0.05, 0) is 0 Å². The van der Waals surface area contributed by atoms with E-state index in [-0.39, 0.29) is 24.0 Å². The van der Waals surface area contributed by atoms with Gasteiger partial charge in [0.15, 0.2) is 0 Å². The number of carbonyl (C=O) groups excluding carboxylic acids is 1. The molecule has 0 unspecified atom stereocenters. The zero-order valence-corrected chi connectivity index (χ0v) is 14.6. The van der Waals surface area contributed by atoms with Crippen molar-refractivity contribution in [3.8, 4) is 5.75 Å². The molecule has 0 bridgehead atoms. The van der Waals surface area contributed by atoms with E-state index in [2.05, 4.69) is 17.1 Å². The molecular formula is C11H19AsINO3. The molecule has 1 aromatic rings. The van der Waals surface area contributed by atoms with Gasteiger partial charge in [0.25, 0.3) is 0 Å². The average Bonchev–Trinajstić information content (AvgIpc) is 2.17. The van der Waals surface area contributed by atoms with Crippen LogP contribution >= 0.6 is 24.0 Å². The monoisotopic (exact) mass is 415 g/mol. The van der Waals surface area contributed by atoms with Gasteiger partial charge in [0.1, 0.15) is 6.09 Å². The number of nitrogens with one attached hydrogen (secondary N) is 1. The van der Waals surface area contributed by atoms with Crippen LogP contribution in [0.25, 0.3) is 0 Å². The molecule has 98 valence electrons. The van der Waals surface area contributed by atoms with Gasteiger partial charge >= 0.3 is 70.2 Å². The van der Waals surface area contributed by atoms with Crippen molar-refractivity contribution in [2.45, 2.75) is 17.1 Å². The van der Waals surface area contributed by atoms with Crippen LogP contribution in [0.5, 0.6) is 5.75 Å². The summed E-state index contributed by atoms with van der Waals surface area (Å²) < 4.78 is 1.17. The number of carboxylic acid groups (broad SMARTS) is 1. The molecule has 4 nitrogen and oxygen atoms in total. The number of phenols is 1. The van der Waals surface area contributed by atoms with Crippen molar-refractivity contribution in [1.29, 1.82) is 0 Å². The van der Waals surface area contributed by atoms with Gasteiger partial charge in [-0.15, -0.1) is 24.0 Å². The largest absolute Gasteiger partial charge is 0.107 e. The molecule has 1 aromatic carbocycles. The Morgan fingerprint density at radius 3 is 1.94 bits per heavy atom. The van der Waals surface area contributed by atoms with Crippen molar-refractivity contribution in [2.75, 3.05) is 7.05 Å². The number of hydrogen-bond donors (Lipinski definition) is 2. The minimum atomic E-state index is -1.65. The van der Waals surface area contributed by atoms with Gasteiger partial charge in [0.05, 0.1) is 0 Å². The Morgan fingerprint density at radius 2 is 1.71 bits per heavy atom. The summed E-state index contributed by atoms with van der Waals surface area (Å²) in [5, 5.41) is 20.5. The van der Waals surface area contributed by atoms with Gasteiger partial charge in [-0.1, -0.05) is 0 Å². The minimum Gasteiger partial charge on any atom is -0.107 e. The van der Waals surface area contributed by atoms with Crippen LogP contribution < -0.4 is 14.8 Å². The molecule has 17 heavy (non-hydrogen) atoms. The molecule has 0 atom stereocenters. The molecule has 0 saturated carbocycles. The molecule has 0 aromatic heterocycles. The van der Waals surface area contributed by atoms with Crippen molar-refractivity contribution < 1.29 is 15.0 Å². The van der Waals surface area contributed by atoms with Crippen LogP contribution in [-0.4, -0.2) is 31.8 Å². The number of rotatable bonds is 1. The molecule has 1 amide bonds. The van der Waals surface area contributed by atoms with E-state index in [1.807, 2.05) is 23.5 Å². The number of para-hydroxylation sites is 1. The number of carbonyl (C=O) groups is 1. The van der Waals surface area contributed by atoms with E-state index in [1.165, 1.54) is 11.4 Å². The number of aromatic hydroxyl groups is 1. The smallest absolute Gasteiger partial charge is 0.107 e. The number of phenolic OH excluding ortho intramolecular Hbond substituents is 1. The Balaban J connectivity index is 0. The summed E-state index contributed by atoms with van der Waals surface area (Å²) >= 11 is -1.65. The van der Waals surface area contributed by atoms with Crippen LogP contribution in [0.4, 0.5) is 4.79 Å². The third kappa shape index (κ3) is 8.32. The molecule has 0 radical (unpaired) electrons. The summed E-state index contributed by atoms with van der Waals surface area (Å²) in [4.78, 5) is 9.15. The number of hydrogen-bond acceptors (Lipinski definition) is 3. The molecule has 0 aliphatic heterocycles. The van der Waals surface area contributed by atoms with Crippen LogP contribution in [0, 0.1) is 0 Å². The molecule has 6 heteroatoms. The fraction of sp³-hybridized carbons (Fsp3) is 0.364. The predicted molar refractivity (Wildman–Crippen MR) is 81.0 cm³/mol. The average molecular weight is 415 g/mol. The van der Waals surface area contributed by atoms with Crippen LogP contribution in [0.1, 0.15) is 0 Å². The van der Waals surface area contributed by atoms with E-state index in [9.17, 15) is 5.11 Å². The SMILES string of the molecule is CNC(=O)[O-].C[As+](C)(C)c1ccccc1O.I. The quantitative estimate of drug-likeness (QED) is 0.534. The van der Waals surface area contributed by atoms with E-state index in [0.717, 1.165) is 0 Å². The van der Waals surface area contributed by atoms with Gasteiger partial charge in [0, 0.05) is 7.05 Å². The number of amides is 1. The second-order valence-electron chi connectivity index (χ2n) is 4.04. The maximum Gasteiger partial charge on any atom is -0.107 e. The summed E-state index contributed by atoms with van der Waals surface area (Å²) in [6, 6.07) is 7.65. The van der Waals surface area contributed by atoms with Crippen molar-refractivity contribution in [3.63, 3.8) is 0 Å². The van der Waals surface area contributed by atoms with Gasteiger partial charge in [-0.25, -0.2) is 0 Å². The molecule has 1 rings (SSSR count). The van der Waals surface area contributed by atoms with Gasteiger partial charge < -0.3 is 15.2 Å². The maximum atomic E-state index is 9.49. The first-order valence-electron chi connectivity index (χ1n) is 4.77. The zero-order valence-electron chi connectivity index (χ0n) is 10.4. The van der Waals surface area contributed by atoms with Crippen LogP contribution in [0.2, 0.25) is 17.1 Å². The molecule has 0 aliphatic carbocycles. The van der Waals surface area contributed by atoms with Gasteiger partial charge in [-0.2, -0.15) is 0 Å². The molecule has 0 heterocycles. The molecule has 0 aliphatic rings. The standard InChI is InChI=1S/C9H13AsO.C2H5NO2.HI/c1-10(2,3)8-6-4-5-7-9(8)11;1-3-2(4)5;/h4-7H,1-3H3;3H,1H3,(H,4,5);1H. The van der Waals surface area contributed by atoms with E-state index in [1.54, 1.807) is 6.07 Å². The summed E-state index contributed by atoms with van der Waals surface area (Å²) in [7, 11) is 1.29. The second-order valence-corrected chi connectivity index (χ2v) is 13.5. The fourth-order valence-electron chi connectivity index (χ4n) is 1.03.